The summed E-state index contributed by atoms with van der Waals surface area (Å²) in [5.74, 6) is -0.222. The zero-order valence-corrected chi connectivity index (χ0v) is 13.9. The smallest absolute Gasteiger partial charge is 0.251 e. The van der Waals surface area contributed by atoms with Crippen LogP contribution in [-0.2, 0) is 11.3 Å². The molecule has 1 fully saturated rings. The summed E-state index contributed by atoms with van der Waals surface area (Å²) in [6.45, 7) is 4.76. The minimum atomic E-state index is -0.278. The predicted octanol–water partition coefficient (Wildman–Crippen LogP) is 2.49. The molecule has 1 aliphatic carbocycles. The van der Waals surface area contributed by atoms with Crippen LogP contribution in [0.2, 0.25) is 0 Å². The van der Waals surface area contributed by atoms with Gasteiger partial charge in [-0.2, -0.15) is 0 Å². The topological polar surface area (TPSA) is 71.2 Å². The fourth-order valence-corrected chi connectivity index (χ4v) is 3.01. The SMILES string of the molecule is CC1(C)[C@@H](NC(=O)c2cc[nH]c(=O)c2)C[C@H]1OCc1ccccc1. The molecule has 1 aromatic heterocycles. The van der Waals surface area contributed by atoms with Crippen molar-refractivity contribution in [2.24, 2.45) is 5.41 Å². The molecule has 5 nitrogen and oxygen atoms in total. The first-order chi connectivity index (χ1) is 11.5. The van der Waals surface area contributed by atoms with E-state index in [0.29, 0.717) is 12.2 Å². The molecule has 0 saturated heterocycles. The van der Waals surface area contributed by atoms with E-state index in [1.54, 1.807) is 6.07 Å². The highest BCUT2D eigenvalue weighted by atomic mass is 16.5. The van der Waals surface area contributed by atoms with Crippen molar-refractivity contribution in [3.63, 3.8) is 0 Å². The number of hydrogen-bond acceptors (Lipinski definition) is 3. The van der Waals surface area contributed by atoms with Gasteiger partial charge in [-0.25, -0.2) is 0 Å². The van der Waals surface area contributed by atoms with Crippen molar-refractivity contribution >= 4 is 5.91 Å². The standard InChI is InChI=1S/C19H22N2O3/c1-19(2)15(21-18(23)14-8-9-20-17(22)10-14)11-16(19)24-12-13-6-4-3-5-7-13/h3-10,15-16H,11-12H2,1-2H3,(H,20,22)(H,21,23)/t15-,16+/m0/s1. The van der Waals surface area contributed by atoms with Gasteiger partial charge < -0.3 is 15.0 Å². The molecule has 1 aliphatic rings. The highest BCUT2D eigenvalue weighted by Crippen LogP contribution is 2.43. The van der Waals surface area contributed by atoms with Gasteiger partial charge in [0.1, 0.15) is 0 Å². The lowest BCUT2D eigenvalue weighted by molar-refractivity contribution is -0.122. The lowest BCUT2D eigenvalue weighted by Crippen LogP contribution is -2.62. The Morgan fingerprint density at radius 3 is 2.71 bits per heavy atom. The summed E-state index contributed by atoms with van der Waals surface area (Å²) in [5.41, 5.74) is 1.10. The maximum absolute atomic E-state index is 12.3. The summed E-state index contributed by atoms with van der Waals surface area (Å²) >= 11 is 0. The van der Waals surface area contributed by atoms with Gasteiger partial charge in [-0.15, -0.1) is 0 Å². The Labute approximate surface area is 141 Å². The molecule has 0 radical (unpaired) electrons. The maximum atomic E-state index is 12.3. The van der Waals surface area contributed by atoms with Gasteiger partial charge in [0.25, 0.3) is 5.91 Å². The van der Waals surface area contributed by atoms with E-state index in [2.05, 4.69) is 24.1 Å². The normalized spacial score (nSPS) is 21.8. The molecule has 3 rings (SSSR count). The van der Waals surface area contributed by atoms with E-state index in [9.17, 15) is 9.59 Å². The Morgan fingerprint density at radius 2 is 2.04 bits per heavy atom. The van der Waals surface area contributed by atoms with E-state index < -0.39 is 0 Å². The molecular weight excluding hydrogens is 304 g/mol. The second-order valence-electron chi connectivity index (χ2n) is 6.81. The highest BCUT2D eigenvalue weighted by Gasteiger charge is 2.49. The Hall–Kier alpha value is -2.40. The average Bonchev–Trinajstić information content (AvgIpc) is 2.58. The van der Waals surface area contributed by atoms with Crippen molar-refractivity contribution in [3.8, 4) is 0 Å². The number of rotatable bonds is 5. The van der Waals surface area contributed by atoms with E-state index in [1.807, 2.05) is 30.3 Å². The second kappa shape index (κ2) is 6.61. The number of pyridine rings is 1. The summed E-state index contributed by atoms with van der Waals surface area (Å²) < 4.78 is 6.01. The number of hydrogen-bond donors (Lipinski definition) is 2. The molecule has 0 unspecified atom stereocenters. The first-order valence-electron chi connectivity index (χ1n) is 8.12. The van der Waals surface area contributed by atoms with Gasteiger partial charge in [-0.05, 0) is 18.1 Å². The molecule has 126 valence electrons. The van der Waals surface area contributed by atoms with Crippen LogP contribution in [0.25, 0.3) is 0 Å². The number of H-pyrrole nitrogens is 1. The van der Waals surface area contributed by atoms with E-state index in [0.717, 1.165) is 12.0 Å². The largest absolute Gasteiger partial charge is 0.373 e. The van der Waals surface area contributed by atoms with Gasteiger partial charge in [-0.3, -0.25) is 9.59 Å². The van der Waals surface area contributed by atoms with E-state index in [-0.39, 0.29) is 29.0 Å². The lowest BCUT2D eigenvalue weighted by atomic mass is 9.64. The van der Waals surface area contributed by atoms with E-state index in [1.165, 1.54) is 12.3 Å². The van der Waals surface area contributed by atoms with Crippen LogP contribution >= 0.6 is 0 Å². The van der Waals surface area contributed by atoms with Crippen LogP contribution in [0.1, 0.15) is 36.2 Å². The van der Waals surface area contributed by atoms with Crippen LogP contribution in [0.3, 0.4) is 0 Å². The Morgan fingerprint density at radius 1 is 1.29 bits per heavy atom. The van der Waals surface area contributed by atoms with Crippen molar-refractivity contribution in [1.29, 1.82) is 0 Å². The van der Waals surface area contributed by atoms with Gasteiger partial charge in [0.2, 0.25) is 5.56 Å². The molecule has 24 heavy (non-hydrogen) atoms. The molecule has 2 N–H and O–H groups in total. The fraction of sp³-hybridized carbons (Fsp3) is 0.368. The zero-order valence-electron chi connectivity index (χ0n) is 13.9. The fourth-order valence-electron chi connectivity index (χ4n) is 3.01. The quantitative estimate of drug-likeness (QED) is 0.887. The number of carbonyl (C=O) groups excluding carboxylic acids is 1. The monoisotopic (exact) mass is 326 g/mol. The van der Waals surface area contributed by atoms with Crippen LogP contribution in [0.15, 0.2) is 53.5 Å². The van der Waals surface area contributed by atoms with Crippen molar-refractivity contribution in [2.45, 2.75) is 39.0 Å². The highest BCUT2D eigenvalue weighted by molar-refractivity contribution is 5.94. The third kappa shape index (κ3) is 3.41. The molecule has 1 saturated carbocycles. The zero-order chi connectivity index (χ0) is 17.2. The van der Waals surface area contributed by atoms with Crippen LogP contribution < -0.4 is 10.9 Å². The minimum absolute atomic E-state index is 0.0325. The van der Waals surface area contributed by atoms with Gasteiger partial charge in [0, 0.05) is 29.3 Å². The van der Waals surface area contributed by atoms with Crippen LogP contribution in [-0.4, -0.2) is 23.0 Å². The number of aromatic nitrogens is 1. The number of aromatic amines is 1. The van der Waals surface area contributed by atoms with Gasteiger partial charge >= 0.3 is 0 Å². The van der Waals surface area contributed by atoms with Gasteiger partial charge in [-0.1, -0.05) is 44.2 Å². The number of carbonyl (C=O) groups is 1. The molecule has 2 aromatic rings. The summed E-state index contributed by atoms with van der Waals surface area (Å²) in [5, 5.41) is 3.01. The van der Waals surface area contributed by atoms with Gasteiger partial charge in [0.05, 0.1) is 12.7 Å². The molecule has 1 aromatic carbocycles. The summed E-state index contributed by atoms with van der Waals surface area (Å²) in [4.78, 5) is 26.1. The van der Waals surface area contributed by atoms with Crippen LogP contribution in [0, 0.1) is 5.41 Å². The molecule has 1 heterocycles. The minimum Gasteiger partial charge on any atom is -0.373 e. The average molecular weight is 326 g/mol. The molecule has 0 spiro atoms. The third-order valence-electron chi connectivity index (χ3n) is 4.81. The Bertz CT molecular complexity index is 767. The van der Waals surface area contributed by atoms with E-state index >= 15 is 0 Å². The first kappa shape index (κ1) is 16.5. The Kier molecular flexibility index (Phi) is 4.53. The maximum Gasteiger partial charge on any atom is 0.251 e. The number of nitrogens with one attached hydrogen (secondary N) is 2. The molecular formula is C19H22N2O3. The van der Waals surface area contributed by atoms with Crippen molar-refractivity contribution in [2.75, 3.05) is 0 Å². The summed E-state index contributed by atoms with van der Waals surface area (Å²) in [7, 11) is 0. The van der Waals surface area contributed by atoms with Crippen molar-refractivity contribution < 1.29 is 9.53 Å². The van der Waals surface area contributed by atoms with Crippen molar-refractivity contribution in [3.05, 3.63) is 70.1 Å². The van der Waals surface area contributed by atoms with E-state index in [4.69, 9.17) is 4.74 Å². The number of benzene rings is 1. The first-order valence-corrected chi connectivity index (χ1v) is 8.12. The molecule has 1 amide bonds. The molecule has 5 heteroatoms. The predicted molar refractivity (Wildman–Crippen MR) is 91.7 cm³/mol. The second-order valence-corrected chi connectivity index (χ2v) is 6.81. The van der Waals surface area contributed by atoms with Crippen molar-refractivity contribution in [1.82, 2.24) is 10.3 Å². The Balaban J connectivity index is 1.56. The van der Waals surface area contributed by atoms with Crippen LogP contribution in [0.5, 0.6) is 0 Å². The third-order valence-corrected chi connectivity index (χ3v) is 4.81. The molecule has 0 aliphatic heterocycles. The molecule has 2 atom stereocenters. The molecule has 0 bridgehead atoms. The number of amides is 1. The number of ether oxygens (including phenoxy) is 1. The van der Waals surface area contributed by atoms with Gasteiger partial charge in [0.15, 0.2) is 0 Å². The lowest BCUT2D eigenvalue weighted by Gasteiger charge is -2.51. The summed E-state index contributed by atoms with van der Waals surface area (Å²) in [6.07, 6.45) is 2.35. The summed E-state index contributed by atoms with van der Waals surface area (Å²) in [6, 6.07) is 13.0. The van der Waals surface area contributed by atoms with Crippen LogP contribution in [0.4, 0.5) is 0 Å².